The van der Waals surface area contributed by atoms with E-state index in [0.717, 1.165) is 10.9 Å². The first-order valence-electron chi connectivity index (χ1n) is 4.50. The molecule has 0 radical (unpaired) electrons. The van der Waals surface area contributed by atoms with Crippen molar-refractivity contribution in [3.63, 3.8) is 0 Å². The molecule has 1 aromatic heterocycles. The van der Waals surface area contributed by atoms with Crippen LogP contribution in [0, 0.1) is 0 Å². The summed E-state index contributed by atoms with van der Waals surface area (Å²) in [5, 5.41) is 3.53. The number of hydrogen-bond acceptors (Lipinski definition) is 3. The molecule has 4 heteroatoms. The molecule has 0 aliphatic heterocycles. The third kappa shape index (κ3) is 1.88. The predicted octanol–water partition coefficient (Wildman–Crippen LogP) is 2.41. The molecular weight excluding hydrogens is 192 g/mol. The lowest BCUT2D eigenvalue weighted by molar-refractivity contribution is 0.187. The van der Waals surface area contributed by atoms with E-state index in [0.29, 0.717) is 5.69 Å². The summed E-state index contributed by atoms with van der Waals surface area (Å²) in [6.45, 7) is 0. The molecule has 0 aliphatic carbocycles. The zero-order valence-corrected chi connectivity index (χ0v) is 8.23. The lowest BCUT2D eigenvalue weighted by Crippen LogP contribution is -2.11. The second-order valence-corrected chi connectivity index (χ2v) is 2.99. The molecule has 0 unspecified atom stereocenters. The van der Waals surface area contributed by atoms with Crippen molar-refractivity contribution in [1.29, 1.82) is 0 Å². The number of fused-ring (bicyclic) bond motifs is 1. The van der Waals surface area contributed by atoms with Crippen LogP contribution in [0.1, 0.15) is 0 Å². The van der Waals surface area contributed by atoms with E-state index in [4.69, 9.17) is 0 Å². The van der Waals surface area contributed by atoms with Gasteiger partial charge < -0.3 is 4.74 Å². The maximum absolute atomic E-state index is 11.1. The monoisotopic (exact) mass is 202 g/mol. The summed E-state index contributed by atoms with van der Waals surface area (Å²) in [5.41, 5.74) is 1.54. The van der Waals surface area contributed by atoms with Gasteiger partial charge in [0.1, 0.15) is 0 Å². The Bertz CT molecular complexity index is 491. The van der Waals surface area contributed by atoms with Gasteiger partial charge in [0.25, 0.3) is 0 Å². The minimum absolute atomic E-state index is 0.480. The maximum atomic E-state index is 11.1. The number of amides is 1. The van der Waals surface area contributed by atoms with E-state index in [1.165, 1.54) is 7.11 Å². The van der Waals surface area contributed by atoms with Crippen LogP contribution in [0.25, 0.3) is 10.9 Å². The van der Waals surface area contributed by atoms with Crippen molar-refractivity contribution >= 4 is 22.7 Å². The Kier molecular flexibility index (Phi) is 2.49. The van der Waals surface area contributed by atoms with Crippen LogP contribution in [0.2, 0.25) is 0 Å². The second kappa shape index (κ2) is 3.96. The van der Waals surface area contributed by atoms with Gasteiger partial charge in [0.05, 0.1) is 18.3 Å². The lowest BCUT2D eigenvalue weighted by atomic mass is 10.2. The molecule has 76 valence electrons. The second-order valence-electron chi connectivity index (χ2n) is 2.99. The molecule has 15 heavy (non-hydrogen) atoms. The third-order valence-electron chi connectivity index (χ3n) is 2.07. The summed E-state index contributed by atoms with van der Waals surface area (Å²) in [4.78, 5) is 15.3. The third-order valence-corrected chi connectivity index (χ3v) is 2.07. The molecule has 1 amide bonds. The summed E-state index contributed by atoms with van der Waals surface area (Å²) >= 11 is 0. The van der Waals surface area contributed by atoms with Crippen LogP contribution in [0.15, 0.2) is 36.5 Å². The molecule has 0 aliphatic rings. The topological polar surface area (TPSA) is 51.2 Å². The van der Waals surface area contributed by atoms with Gasteiger partial charge in [0.2, 0.25) is 0 Å². The Morgan fingerprint density at radius 3 is 2.93 bits per heavy atom. The molecule has 2 aromatic rings. The molecule has 1 heterocycles. The number of nitrogens with one attached hydrogen (secondary N) is 1. The van der Waals surface area contributed by atoms with Crippen molar-refractivity contribution in [3.05, 3.63) is 36.5 Å². The van der Waals surface area contributed by atoms with E-state index < -0.39 is 6.09 Å². The smallest absolute Gasteiger partial charge is 0.411 e. The van der Waals surface area contributed by atoms with Crippen LogP contribution in [0.3, 0.4) is 0 Å². The highest BCUT2D eigenvalue weighted by Crippen LogP contribution is 2.20. The average molecular weight is 202 g/mol. The maximum Gasteiger partial charge on any atom is 0.411 e. The van der Waals surface area contributed by atoms with Gasteiger partial charge in [0, 0.05) is 11.6 Å². The highest BCUT2D eigenvalue weighted by Gasteiger charge is 2.04. The van der Waals surface area contributed by atoms with Crippen LogP contribution in [0.5, 0.6) is 0 Å². The number of methoxy groups -OCH3 is 1. The highest BCUT2D eigenvalue weighted by atomic mass is 16.5. The quantitative estimate of drug-likeness (QED) is 0.772. The summed E-state index contributed by atoms with van der Waals surface area (Å²) in [5.74, 6) is 0. The molecule has 1 N–H and O–H groups in total. The predicted molar refractivity (Wildman–Crippen MR) is 57.8 cm³/mol. The molecule has 0 saturated heterocycles. The number of anilines is 1. The van der Waals surface area contributed by atoms with E-state index in [1.807, 2.05) is 24.3 Å². The number of aromatic nitrogens is 1. The molecule has 2 rings (SSSR count). The summed E-state index contributed by atoms with van der Waals surface area (Å²) in [6, 6.07) is 9.31. The van der Waals surface area contributed by atoms with Crippen LogP contribution in [-0.2, 0) is 4.74 Å². The van der Waals surface area contributed by atoms with E-state index in [9.17, 15) is 4.79 Å². The first-order chi connectivity index (χ1) is 7.31. The number of benzene rings is 1. The van der Waals surface area contributed by atoms with Crippen molar-refractivity contribution in [1.82, 2.24) is 4.98 Å². The summed E-state index contributed by atoms with van der Waals surface area (Å²) < 4.78 is 4.53. The fourth-order valence-corrected chi connectivity index (χ4v) is 1.37. The minimum Gasteiger partial charge on any atom is -0.453 e. The molecule has 0 atom stereocenters. The number of ether oxygens (including phenoxy) is 1. The Hall–Kier alpha value is -2.10. The Morgan fingerprint density at radius 1 is 1.33 bits per heavy atom. The molecule has 0 saturated carbocycles. The van der Waals surface area contributed by atoms with Gasteiger partial charge in [-0.15, -0.1) is 0 Å². The van der Waals surface area contributed by atoms with Gasteiger partial charge in [-0.3, -0.25) is 10.3 Å². The zero-order valence-electron chi connectivity index (χ0n) is 8.23. The van der Waals surface area contributed by atoms with Gasteiger partial charge in [-0.05, 0) is 12.1 Å². The molecular formula is C11H10N2O2. The van der Waals surface area contributed by atoms with Gasteiger partial charge in [0.15, 0.2) is 0 Å². The van der Waals surface area contributed by atoms with E-state index >= 15 is 0 Å². The number of para-hydroxylation sites is 1. The zero-order chi connectivity index (χ0) is 10.7. The van der Waals surface area contributed by atoms with Crippen molar-refractivity contribution in [3.8, 4) is 0 Å². The highest BCUT2D eigenvalue weighted by molar-refractivity contribution is 5.98. The lowest BCUT2D eigenvalue weighted by Gasteiger charge is -2.06. The van der Waals surface area contributed by atoms with Crippen LogP contribution < -0.4 is 5.32 Å². The molecule has 0 spiro atoms. The Morgan fingerprint density at radius 2 is 2.13 bits per heavy atom. The Labute approximate surface area is 86.9 Å². The number of pyridine rings is 1. The molecule has 0 fully saturated rings. The van der Waals surface area contributed by atoms with Gasteiger partial charge >= 0.3 is 6.09 Å². The van der Waals surface area contributed by atoms with Gasteiger partial charge in [-0.25, -0.2) is 4.79 Å². The SMILES string of the molecule is COC(=O)Nc1ccnc2ccccc12. The number of carbonyl (C=O) groups excluding carboxylic acids is 1. The van der Waals surface area contributed by atoms with Crippen LogP contribution in [0.4, 0.5) is 10.5 Å². The summed E-state index contributed by atoms with van der Waals surface area (Å²) in [7, 11) is 1.33. The van der Waals surface area contributed by atoms with Crippen molar-refractivity contribution in [2.24, 2.45) is 0 Å². The normalized spacial score (nSPS) is 9.93. The average Bonchev–Trinajstić information content (AvgIpc) is 2.29. The molecule has 1 aromatic carbocycles. The fraction of sp³-hybridized carbons (Fsp3) is 0.0909. The van der Waals surface area contributed by atoms with Crippen molar-refractivity contribution < 1.29 is 9.53 Å². The van der Waals surface area contributed by atoms with Crippen molar-refractivity contribution in [2.75, 3.05) is 12.4 Å². The minimum atomic E-state index is -0.480. The largest absolute Gasteiger partial charge is 0.453 e. The fourth-order valence-electron chi connectivity index (χ4n) is 1.37. The first-order valence-corrected chi connectivity index (χ1v) is 4.50. The Balaban J connectivity index is 2.46. The molecule has 4 nitrogen and oxygen atoms in total. The number of carbonyl (C=O) groups is 1. The van der Waals surface area contributed by atoms with E-state index in [2.05, 4.69) is 15.0 Å². The number of rotatable bonds is 1. The summed E-state index contributed by atoms with van der Waals surface area (Å²) in [6.07, 6.45) is 1.17. The standard InChI is InChI=1S/C11H10N2O2/c1-15-11(14)13-10-6-7-12-9-5-3-2-4-8(9)10/h2-7H,1H3,(H,12,13,14). The van der Waals surface area contributed by atoms with Crippen molar-refractivity contribution in [2.45, 2.75) is 0 Å². The van der Waals surface area contributed by atoms with Gasteiger partial charge in [-0.2, -0.15) is 0 Å². The molecule has 0 bridgehead atoms. The van der Waals surface area contributed by atoms with E-state index in [-0.39, 0.29) is 0 Å². The number of nitrogens with zero attached hydrogens (tertiary/aromatic N) is 1. The van der Waals surface area contributed by atoms with E-state index in [1.54, 1.807) is 12.3 Å². The first kappa shape index (κ1) is 9.45. The van der Waals surface area contributed by atoms with Crippen LogP contribution in [-0.4, -0.2) is 18.2 Å². The van der Waals surface area contributed by atoms with Gasteiger partial charge in [-0.1, -0.05) is 18.2 Å². The number of hydrogen-bond donors (Lipinski definition) is 1. The van der Waals surface area contributed by atoms with Crippen LogP contribution >= 0.6 is 0 Å².